The van der Waals surface area contributed by atoms with Crippen molar-refractivity contribution < 1.29 is 8.42 Å². The summed E-state index contributed by atoms with van der Waals surface area (Å²) in [4.78, 5) is 4.68. The maximum atomic E-state index is 12.9. The van der Waals surface area contributed by atoms with Crippen LogP contribution in [0.4, 0.5) is 0 Å². The maximum absolute atomic E-state index is 12.9. The van der Waals surface area contributed by atoms with Gasteiger partial charge in [0.25, 0.3) is 0 Å². The predicted molar refractivity (Wildman–Crippen MR) is 85.8 cm³/mol. The minimum Gasteiger partial charge on any atom is -0.256 e. The van der Waals surface area contributed by atoms with Crippen molar-refractivity contribution in [3.8, 4) is 0 Å². The minimum absolute atomic E-state index is 0.359. The van der Waals surface area contributed by atoms with E-state index in [1.54, 1.807) is 22.6 Å². The lowest BCUT2D eigenvalue weighted by atomic mass is 10.1. The SMILES string of the molecule is CCCN(CCC)S(=O)(=O)c1ccc(C)c2ncccc12. The molecule has 1 heterocycles. The molecule has 0 atom stereocenters. The number of pyridine rings is 1. The average Bonchev–Trinajstić information content (AvgIpc) is 2.47. The predicted octanol–water partition coefficient (Wildman–Crippen LogP) is 3.35. The summed E-state index contributed by atoms with van der Waals surface area (Å²) in [5.41, 5.74) is 1.74. The Morgan fingerprint density at radius 3 is 2.38 bits per heavy atom. The summed E-state index contributed by atoms with van der Waals surface area (Å²) in [5.74, 6) is 0. The summed E-state index contributed by atoms with van der Waals surface area (Å²) in [6, 6.07) is 7.15. The molecule has 0 aliphatic carbocycles. The summed E-state index contributed by atoms with van der Waals surface area (Å²) in [5, 5.41) is 0.703. The molecule has 0 aliphatic rings. The molecule has 2 aromatic rings. The van der Waals surface area contributed by atoms with Crippen LogP contribution in [0.2, 0.25) is 0 Å². The molecule has 1 aromatic carbocycles. The molecule has 0 spiro atoms. The molecule has 0 fully saturated rings. The smallest absolute Gasteiger partial charge is 0.243 e. The van der Waals surface area contributed by atoms with E-state index in [4.69, 9.17) is 0 Å². The zero-order valence-corrected chi connectivity index (χ0v) is 13.7. The van der Waals surface area contributed by atoms with Crippen LogP contribution in [0.5, 0.6) is 0 Å². The summed E-state index contributed by atoms with van der Waals surface area (Å²) < 4.78 is 27.4. The van der Waals surface area contributed by atoms with Crippen LogP contribution in [-0.4, -0.2) is 30.8 Å². The van der Waals surface area contributed by atoms with E-state index in [1.807, 2.05) is 32.9 Å². The van der Waals surface area contributed by atoms with Crippen molar-refractivity contribution >= 4 is 20.9 Å². The molecule has 114 valence electrons. The second-order valence-corrected chi connectivity index (χ2v) is 7.09. The van der Waals surface area contributed by atoms with Crippen LogP contribution in [0.1, 0.15) is 32.3 Å². The van der Waals surface area contributed by atoms with Crippen LogP contribution in [0.15, 0.2) is 35.4 Å². The molecule has 0 amide bonds. The van der Waals surface area contributed by atoms with E-state index in [2.05, 4.69) is 4.98 Å². The zero-order chi connectivity index (χ0) is 15.5. The topological polar surface area (TPSA) is 50.3 Å². The first-order chi connectivity index (χ1) is 10.0. The highest BCUT2D eigenvalue weighted by Crippen LogP contribution is 2.27. The van der Waals surface area contributed by atoms with Crippen LogP contribution in [0, 0.1) is 6.92 Å². The molecule has 0 bridgehead atoms. The molecule has 5 heteroatoms. The highest BCUT2D eigenvalue weighted by molar-refractivity contribution is 7.89. The Kier molecular flexibility index (Phi) is 4.96. The van der Waals surface area contributed by atoms with Gasteiger partial charge in [-0.15, -0.1) is 0 Å². The number of aryl methyl sites for hydroxylation is 1. The lowest BCUT2D eigenvalue weighted by molar-refractivity contribution is 0.410. The standard InChI is InChI=1S/C16H22N2O2S/c1-4-11-18(12-5-2)21(19,20)15-9-8-13(3)16-14(15)7-6-10-17-16/h6-10H,4-5,11-12H2,1-3H3. The van der Waals surface area contributed by atoms with E-state index < -0.39 is 10.0 Å². The quantitative estimate of drug-likeness (QED) is 0.822. The zero-order valence-electron chi connectivity index (χ0n) is 12.8. The van der Waals surface area contributed by atoms with Gasteiger partial charge in [-0.3, -0.25) is 4.98 Å². The molecule has 0 aliphatic heterocycles. The molecule has 0 saturated heterocycles. The molecule has 0 radical (unpaired) electrons. The molecule has 1 aromatic heterocycles. The highest BCUT2D eigenvalue weighted by Gasteiger charge is 2.25. The van der Waals surface area contributed by atoms with Gasteiger partial charge in [0.1, 0.15) is 0 Å². The van der Waals surface area contributed by atoms with Gasteiger partial charge < -0.3 is 0 Å². The van der Waals surface area contributed by atoms with E-state index >= 15 is 0 Å². The fraction of sp³-hybridized carbons (Fsp3) is 0.438. The molecule has 0 N–H and O–H groups in total. The number of fused-ring (bicyclic) bond motifs is 1. The molecule has 2 rings (SSSR count). The van der Waals surface area contributed by atoms with E-state index in [9.17, 15) is 8.42 Å². The Balaban J connectivity index is 2.62. The van der Waals surface area contributed by atoms with Gasteiger partial charge in [0, 0.05) is 24.7 Å². The Hall–Kier alpha value is -1.46. The van der Waals surface area contributed by atoms with Gasteiger partial charge in [0.15, 0.2) is 0 Å². The van der Waals surface area contributed by atoms with Gasteiger partial charge in [-0.25, -0.2) is 8.42 Å². The van der Waals surface area contributed by atoms with Gasteiger partial charge >= 0.3 is 0 Å². The number of hydrogen-bond acceptors (Lipinski definition) is 3. The molecule has 0 unspecified atom stereocenters. The molecule has 4 nitrogen and oxygen atoms in total. The number of hydrogen-bond donors (Lipinski definition) is 0. The normalized spacial score (nSPS) is 12.2. The van der Waals surface area contributed by atoms with Gasteiger partial charge in [0.2, 0.25) is 10.0 Å². The van der Waals surface area contributed by atoms with E-state index in [0.717, 1.165) is 23.9 Å². The van der Waals surface area contributed by atoms with E-state index in [1.165, 1.54) is 0 Å². The number of rotatable bonds is 6. The fourth-order valence-electron chi connectivity index (χ4n) is 2.50. The van der Waals surface area contributed by atoms with Crippen LogP contribution in [0.25, 0.3) is 10.9 Å². The van der Waals surface area contributed by atoms with E-state index in [-0.39, 0.29) is 0 Å². The van der Waals surface area contributed by atoms with Crippen molar-refractivity contribution in [3.05, 3.63) is 36.0 Å². The van der Waals surface area contributed by atoms with Crippen molar-refractivity contribution in [2.75, 3.05) is 13.1 Å². The lowest BCUT2D eigenvalue weighted by Gasteiger charge is -2.22. The summed E-state index contributed by atoms with van der Waals surface area (Å²) >= 11 is 0. The first-order valence-electron chi connectivity index (χ1n) is 7.36. The van der Waals surface area contributed by atoms with Gasteiger partial charge in [-0.2, -0.15) is 4.31 Å². The molecular formula is C16H22N2O2S. The largest absolute Gasteiger partial charge is 0.256 e. The van der Waals surface area contributed by atoms with Crippen molar-refractivity contribution in [2.24, 2.45) is 0 Å². The number of aromatic nitrogens is 1. The van der Waals surface area contributed by atoms with Crippen molar-refractivity contribution in [1.29, 1.82) is 0 Å². The molecular weight excluding hydrogens is 284 g/mol. The third-order valence-corrected chi connectivity index (χ3v) is 5.45. The molecule has 0 saturated carbocycles. The second kappa shape index (κ2) is 6.54. The second-order valence-electron chi connectivity index (χ2n) is 5.18. The van der Waals surface area contributed by atoms with Gasteiger partial charge in [0.05, 0.1) is 10.4 Å². The van der Waals surface area contributed by atoms with Gasteiger partial charge in [-0.1, -0.05) is 19.9 Å². The van der Waals surface area contributed by atoms with Crippen molar-refractivity contribution in [3.63, 3.8) is 0 Å². The Labute approximate surface area is 126 Å². The van der Waals surface area contributed by atoms with Crippen LogP contribution < -0.4 is 0 Å². The Bertz CT molecular complexity index is 720. The summed E-state index contributed by atoms with van der Waals surface area (Å²) in [7, 11) is -3.48. The van der Waals surface area contributed by atoms with Crippen LogP contribution in [-0.2, 0) is 10.0 Å². The number of benzene rings is 1. The molecule has 21 heavy (non-hydrogen) atoms. The number of sulfonamides is 1. The van der Waals surface area contributed by atoms with Crippen molar-refractivity contribution in [2.45, 2.75) is 38.5 Å². The summed E-state index contributed by atoms with van der Waals surface area (Å²) in [6.07, 6.45) is 3.31. The Morgan fingerprint density at radius 1 is 1.10 bits per heavy atom. The van der Waals surface area contributed by atoms with Crippen molar-refractivity contribution in [1.82, 2.24) is 9.29 Å². The third kappa shape index (κ3) is 3.09. The van der Waals surface area contributed by atoms with Crippen LogP contribution in [0.3, 0.4) is 0 Å². The monoisotopic (exact) mass is 306 g/mol. The number of nitrogens with zero attached hydrogens (tertiary/aromatic N) is 2. The average molecular weight is 306 g/mol. The third-order valence-electron chi connectivity index (χ3n) is 3.50. The Morgan fingerprint density at radius 2 is 1.76 bits per heavy atom. The minimum atomic E-state index is -3.48. The van der Waals surface area contributed by atoms with E-state index in [0.29, 0.717) is 23.4 Å². The highest BCUT2D eigenvalue weighted by atomic mass is 32.2. The lowest BCUT2D eigenvalue weighted by Crippen LogP contribution is -2.32. The first-order valence-corrected chi connectivity index (χ1v) is 8.80. The first kappa shape index (κ1) is 15.9. The summed E-state index contributed by atoms with van der Waals surface area (Å²) in [6.45, 7) is 7.03. The van der Waals surface area contributed by atoms with Gasteiger partial charge in [-0.05, 0) is 43.5 Å². The van der Waals surface area contributed by atoms with Crippen LogP contribution >= 0.6 is 0 Å². The maximum Gasteiger partial charge on any atom is 0.243 e. The fourth-order valence-corrected chi connectivity index (χ4v) is 4.31.